The number of nitrogens with two attached hydrogens (primary N) is 1. The molecule has 3 heteroatoms. The van der Waals surface area contributed by atoms with Gasteiger partial charge < -0.3 is 5.73 Å². The molecule has 0 bridgehead atoms. The number of hydrogen-bond donors (Lipinski definition) is 1. The lowest BCUT2D eigenvalue weighted by Crippen LogP contribution is -2.00. The quantitative estimate of drug-likeness (QED) is 0.904. The lowest BCUT2D eigenvalue weighted by atomic mass is 10.1. The second-order valence-electron chi connectivity index (χ2n) is 3.22. The third-order valence-corrected chi connectivity index (χ3v) is 2.76. The van der Waals surface area contributed by atoms with E-state index >= 15 is 0 Å². The molecule has 76 valence electrons. The second kappa shape index (κ2) is 4.55. The number of benzene rings is 1. The zero-order chi connectivity index (χ0) is 10.7. The summed E-state index contributed by atoms with van der Waals surface area (Å²) in [5.74, 6) is 0. The topological polar surface area (TPSA) is 38.9 Å². The molecule has 0 fully saturated rings. The molecule has 2 nitrogen and oxygen atoms in total. The summed E-state index contributed by atoms with van der Waals surface area (Å²) in [4.78, 5) is 4.35. The van der Waals surface area contributed by atoms with Gasteiger partial charge in [0.2, 0.25) is 0 Å². The van der Waals surface area contributed by atoms with Gasteiger partial charge in [-0.25, -0.2) is 0 Å². The van der Waals surface area contributed by atoms with Crippen molar-refractivity contribution in [3.63, 3.8) is 0 Å². The van der Waals surface area contributed by atoms with Crippen LogP contribution in [0, 0.1) is 0 Å². The highest BCUT2D eigenvalue weighted by atomic mass is 79.9. The number of pyridine rings is 1. The number of hydrogen-bond acceptors (Lipinski definition) is 2. The molecule has 15 heavy (non-hydrogen) atoms. The third-order valence-electron chi connectivity index (χ3n) is 2.23. The van der Waals surface area contributed by atoms with E-state index in [2.05, 4.69) is 20.9 Å². The molecule has 0 amide bonds. The van der Waals surface area contributed by atoms with Crippen LogP contribution in [0.3, 0.4) is 0 Å². The maximum absolute atomic E-state index is 5.67. The number of nitrogens with zero attached hydrogens (tertiary/aromatic N) is 1. The van der Waals surface area contributed by atoms with Crippen LogP contribution < -0.4 is 5.73 Å². The molecule has 0 saturated heterocycles. The van der Waals surface area contributed by atoms with Crippen molar-refractivity contribution in [1.82, 2.24) is 4.98 Å². The minimum Gasteiger partial charge on any atom is -0.326 e. The first kappa shape index (κ1) is 10.3. The van der Waals surface area contributed by atoms with Crippen LogP contribution in [-0.4, -0.2) is 4.98 Å². The Bertz CT molecular complexity index is 451. The van der Waals surface area contributed by atoms with Crippen LogP contribution in [0.4, 0.5) is 0 Å². The van der Waals surface area contributed by atoms with Crippen molar-refractivity contribution in [2.45, 2.75) is 6.54 Å². The zero-order valence-corrected chi connectivity index (χ0v) is 9.74. The molecule has 2 rings (SSSR count). The van der Waals surface area contributed by atoms with Crippen molar-refractivity contribution in [3.8, 4) is 11.3 Å². The molecular weight excluding hydrogens is 252 g/mol. The molecule has 0 aliphatic rings. The first-order chi connectivity index (χ1) is 7.31. The van der Waals surface area contributed by atoms with Crippen LogP contribution in [0.5, 0.6) is 0 Å². The Balaban J connectivity index is 2.49. The molecule has 0 aliphatic carbocycles. The minimum absolute atomic E-state index is 0.513. The maximum atomic E-state index is 5.67. The molecule has 1 aromatic heterocycles. The van der Waals surface area contributed by atoms with E-state index in [1.54, 1.807) is 6.20 Å². The Morgan fingerprint density at radius 2 is 1.87 bits per heavy atom. The predicted octanol–water partition coefficient (Wildman–Crippen LogP) is 2.97. The summed E-state index contributed by atoms with van der Waals surface area (Å²) in [5, 5.41) is 0. The van der Waals surface area contributed by atoms with Gasteiger partial charge in [0.25, 0.3) is 0 Å². The van der Waals surface area contributed by atoms with E-state index in [1.807, 2.05) is 36.4 Å². The van der Waals surface area contributed by atoms with E-state index < -0.39 is 0 Å². The lowest BCUT2D eigenvalue weighted by Gasteiger charge is -2.06. The molecule has 0 atom stereocenters. The van der Waals surface area contributed by atoms with Gasteiger partial charge in [-0.1, -0.05) is 34.1 Å². The molecule has 0 aliphatic heterocycles. The summed E-state index contributed by atoms with van der Waals surface area (Å²) >= 11 is 3.41. The van der Waals surface area contributed by atoms with Gasteiger partial charge in [-0.15, -0.1) is 0 Å². The largest absolute Gasteiger partial charge is 0.326 e. The van der Waals surface area contributed by atoms with Gasteiger partial charge in [0.1, 0.15) is 0 Å². The average Bonchev–Trinajstić information content (AvgIpc) is 2.30. The summed E-state index contributed by atoms with van der Waals surface area (Å²) in [6.07, 6.45) is 1.79. The van der Waals surface area contributed by atoms with Gasteiger partial charge in [-0.3, -0.25) is 4.98 Å². The van der Waals surface area contributed by atoms with E-state index in [4.69, 9.17) is 5.73 Å². The van der Waals surface area contributed by atoms with Gasteiger partial charge in [0.15, 0.2) is 0 Å². The fourth-order valence-corrected chi connectivity index (χ4v) is 1.74. The van der Waals surface area contributed by atoms with E-state index in [0.717, 1.165) is 21.3 Å². The van der Waals surface area contributed by atoms with Crippen LogP contribution in [0.25, 0.3) is 11.3 Å². The minimum atomic E-state index is 0.513. The van der Waals surface area contributed by atoms with Gasteiger partial charge in [-0.2, -0.15) is 0 Å². The Kier molecular flexibility index (Phi) is 3.14. The highest BCUT2D eigenvalue weighted by Gasteiger charge is 2.03. The van der Waals surface area contributed by atoms with E-state index in [-0.39, 0.29) is 0 Å². The average molecular weight is 263 g/mol. The fourth-order valence-electron chi connectivity index (χ4n) is 1.47. The Morgan fingerprint density at radius 3 is 2.53 bits per heavy atom. The van der Waals surface area contributed by atoms with Crippen LogP contribution in [0.1, 0.15) is 5.56 Å². The second-order valence-corrected chi connectivity index (χ2v) is 4.14. The van der Waals surface area contributed by atoms with Crippen LogP contribution in [0.2, 0.25) is 0 Å². The number of halogens is 1. The van der Waals surface area contributed by atoms with Gasteiger partial charge >= 0.3 is 0 Å². The number of aromatic nitrogens is 1. The Hall–Kier alpha value is -1.19. The van der Waals surface area contributed by atoms with Crippen LogP contribution in [-0.2, 0) is 6.54 Å². The zero-order valence-electron chi connectivity index (χ0n) is 8.15. The van der Waals surface area contributed by atoms with Crippen LogP contribution in [0.15, 0.2) is 47.1 Å². The van der Waals surface area contributed by atoms with Gasteiger partial charge in [0, 0.05) is 22.8 Å². The van der Waals surface area contributed by atoms with E-state index in [0.29, 0.717) is 6.54 Å². The third kappa shape index (κ3) is 2.25. The summed E-state index contributed by atoms with van der Waals surface area (Å²) in [6, 6.07) is 12.0. The summed E-state index contributed by atoms with van der Waals surface area (Å²) < 4.78 is 1.07. The molecule has 2 N–H and O–H groups in total. The number of rotatable bonds is 2. The molecule has 1 aromatic carbocycles. The lowest BCUT2D eigenvalue weighted by molar-refractivity contribution is 1.05. The van der Waals surface area contributed by atoms with E-state index in [9.17, 15) is 0 Å². The monoisotopic (exact) mass is 262 g/mol. The van der Waals surface area contributed by atoms with Crippen molar-refractivity contribution in [1.29, 1.82) is 0 Å². The first-order valence-corrected chi connectivity index (χ1v) is 5.50. The van der Waals surface area contributed by atoms with Crippen molar-refractivity contribution in [2.75, 3.05) is 0 Å². The Morgan fingerprint density at radius 1 is 1.13 bits per heavy atom. The molecule has 0 unspecified atom stereocenters. The van der Waals surface area contributed by atoms with Crippen molar-refractivity contribution in [2.24, 2.45) is 5.73 Å². The van der Waals surface area contributed by atoms with Gasteiger partial charge in [0.05, 0.1) is 5.69 Å². The Labute approximate surface area is 97.3 Å². The van der Waals surface area contributed by atoms with Crippen molar-refractivity contribution in [3.05, 3.63) is 52.6 Å². The SMILES string of the molecule is NCc1cccnc1-c1ccc(Br)cc1. The molecule has 0 radical (unpaired) electrons. The van der Waals surface area contributed by atoms with Crippen LogP contribution >= 0.6 is 15.9 Å². The standard InChI is InChI=1S/C12H11BrN2/c13-11-5-3-9(4-6-11)12-10(8-14)2-1-7-15-12/h1-7H,8,14H2. The summed E-state index contributed by atoms with van der Waals surface area (Å²) in [7, 11) is 0. The predicted molar refractivity (Wildman–Crippen MR) is 65.3 cm³/mol. The van der Waals surface area contributed by atoms with Crippen molar-refractivity contribution >= 4 is 15.9 Å². The highest BCUT2D eigenvalue weighted by Crippen LogP contribution is 2.22. The molecular formula is C12H11BrN2. The smallest absolute Gasteiger partial charge is 0.0746 e. The fraction of sp³-hybridized carbons (Fsp3) is 0.0833. The summed E-state index contributed by atoms with van der Waals surface area (Å²) in [5.41, 5.74) is 8.80. The van der Waals surface area contributed by atoms with Crippen molar-refractivity contribution < 1.29 is 0 Å². The molecule has 0 saturated carbocycles. The summed E-state index contributed by atoms with van der Waals surface area (Å²) in [6.45, 7) is 0.513. The first-order valence-electron chi connectivity index (χ1n) is 4.71. The molecule has 2 aromatic rings. The molecule has 1 heterocycles. The molecule has 0 spiro atoms. The van der Waals surface area contributed by atoms with E-state index in [1.165, 1.54) is 0 Å². The normalized spacial score (nSPS) is 10.3. The van der Waals surface area contributed by atoms with Gasteiger partial charge in [-0.05, 0) is 23.8 Å². The maximum Gasteiger partial charge on any atom is 0.0746 e. The highest BCUT2D eigenvalue weighted by molar-refractivity contribution is 9.10.